The van der Waals surface area contributed by atoms with Crippen molar-refractivity contribution >= 4 is 11.8 Å². The molecule has 0 bridgehead atoms. The normalized spacial score (nSPS) is 28.3. The van der Waals surface area contributed by atoms with Crippen LogP contribution in [0.5, 0.6) is 0 Å². The van der Waals surface area contributed by atoms with E-state index >= 15 is 0 Å². The highest BCUT2D eigenvalue weighted by Gasteiger charge is 2.61. The molecule has 1 aliphatic carbocycles. The molecule has 0 N–H and O–H groups in total. The zero-order valence-electron chi connectivity index (χ0n) is 9.29. The number of ether oxygens (including phenoxy) is 1. The first-order chi connectivity index (χ1) is 6.41. The fourth-order valence-corrected chi connectivity index (χ4v) is 2.24. The number of carbonyl (C=O) groups excluding carboxylic acids is 2. The summed E-state index contributed by atoms with van der Waals surface area (Å²) in [7, 11) is 1.42. The molecule has 0 amide bonds. The molecule has 2 atom stereocenters. The Morgan fingerprint density at radius 1 is 1.36 bits per heavy atom. The molecule has 0 heterocycles. The van der Waals surface area contributed by atoms with Gasteiger partial charge < -0.3 is 9.53 Å². The van der Waals surface area contributed by atoms with Crippen LogP contribution >= 0.6 is 0 Å². The van der Waals surface area contributed by atoms with E-state index in [1.54, 1.807) is 6.92 Å². The van der Waals surface area contributed by atoms with Crippen LogP contribution in [-0.4, -0.2) is 18.9 Å². The summed E-state index contributed by atoms with van der Waals surface area (Å²) in [5.41, 5.74) is 0.0164. The maximum Gasteiger partial charge on any atom is 0.309 e. The zero-order chi connectivity index (χ0) is 10.9. The van der Waals surface area contributed by atoms with E-state index in [0.29, 0.717) is 12.3 Å². The Bertz CT molecular complexity index is 255. The highest BCUT2D eigenvalue weighted by molar-refractivity contribution is 5.78. The molecule has 0 aromatic carbocycles. The lowest BCUT2D eigenvalue weighted by molar-refractivity contribution is -0.143. The first-order valence-electron chi connectivity index (χ1n) is 4.98. The fraction of sp³-hybridized carbons (Fsp3) is 0.818. The van der Waals surface area contributed by atoms with Crippen molar-refractivity contribution in [3.8, 4) is 0 Å². The number of esters is 1. The van der Waals surface area contributed by atoms with Crippen molar-refractivity contribution in [3.05, 3.63) is 0 Å². The van der Waals surface area contributed by atoms with E-state index in [1.165, 1.54) is 7.11 Å². The van der Waals surface area contributed by atoms with E-state index in [-0.39, 0.29) is 23.1 Å². The molecule has 14 heavy (non-hydrogen) atoms. The van der Waals surface area contributed by atoms with Gasteiger partial charge in [-0.3, -0.25) is 4.79 Å². The topological polar surface area (TPSA) is 43.4 Å². The largest absolute Gasteiger partial charge is 0.469 e. The van der Waals surface area contributed by atoms with Crippen LogP contribution in [0, 0.1) is 17.3 Å². The van der Waals surface area contributed by atoms with Gasteiger partial charge in [-0.25, -0.2) is 0 Å². The lowest BCUT2D eigenvalue weighted by Gasteiger charge is -2.00. The molecule has 0 spiro atoms. The second kappa shape index (κ2) is 3.71. The molecule has 80 valence electrons. The Labute approximate surface area is 84.8 Å². The molecule has 1 rings (SSSR count). The van der Waals surface area contributed by atoms with Gasteiger partial charge in [-0.1, -0.05) is 13.8 Å². The molecule has 1 aliphatic rings. The summed E-state index contributed by atoms with van der Waals surface area (Å²) in [4.78, 5) is 22.2. The number of Topliss-reactive ketones (excluding diaryl/α,β-unsaturated/α-hetero) is 1. The standard InChI is InChI=1S/C11H18O3/c1-7(12)5-6-8-9(10(13)14-4)11(8,2)3/h8-9H,5-6H2,1-4H3/t8-,9-/m1/s1. The summed E-state index contributed by atoms with van der Waals surface area (Å²) in [5, 5.41) is 0. The minimum absolute atomic E-state index is 0.00755. The van der Waals surface area contributed by atoms with Crippen molar-refractivity contribution < 1.29 is 14.3 Å². The highest BCUT2D eigenvalue weighted by Crippen LogP contribution is 2.60. The van der Waals surface area contributed by atoms with Crippen LogP contribution in [0.25, 0.3) is 0 Å². The van der Waals surface area contributed by atoms with Crippen molar-refractivity contribution in [2.24, 2.45) is 17.3 Å². The lowest BCUT2D eigenvalue weighted by Crippen LogP contribution is -2.07. The second-order valence-corrected chi connectivity index (χ2v) is 4.67. The molecule has 3 nitrogen and oxygen atoms in total. The summed E-state index contributed by atoms with van der Waals surface area (Å²) in [6, 6.07) is 0. The summed E-state index contributed by atoms with van der Waals surface area (Å²) < 4.78 is 4.72. The van der Waals surface area contributed by atoms with Gasteiger partial charge in [-0.15, -0.1) is 0 Å². The number of hydrogen-bond acceptors (Lipinski definition) is 3. The van der Waals surface area contributed by atoms with Crippen LogP contribution in [0.4, 0.5) is 0 Å². The van der Waals surface area contributed by atoms with Gasteiger partial charge in [0, 0.05) is 6.42 Å². The lowest BCUT2D eigenvalue weighted by atomic mass is 10.1. The first-order valence-corrected chi connectivity index (χ1v) is 4.98. The van der Waals surface area contributed by atoms with E-state index in [2.05, 4.69) is 13.8 Å². The van der Waals surface area contributed by atoms with E-state index in [4.69, 9.17) is 4.74 Å². The number of methoxy groups -OCH3 is 1. The fourth-order valence-electron chi connectivity index (χ4n) is 2.24. The van der Waals surface area contributed by atoms with Crippen molar-refractivity contribution in [1.29, 1.82) is 0 Å². The third-order valence-electron chi connectivity index (χ3n) is 3.31. The first kappa shape index (κ1) is 11.2. The molecule has 1 saturated carbocycles. The van der Waals surface area contributed by atoms with Crippen LogP contribution < -0.4 is 0 Å². The monoisotopic (exact) mass is 198 g/mol. The van der Waals surface area contributed by atoms with Gasteiger partial charge in [-0.05, 0) is 24.7 Å². The summed E-state index contributed by atoms with van der Waals surface area (Å²) in [5.74, 6) is 0.366. The Morgan fingerprint density at radius 2 is 1.93 bits per heavy atom. The molecule has 0 radical (unpaired) electrons. The molecule has 0 aromatic heterocycles. The van der Waals surface area contributed by atoms with Crippen LogP contribution in [0.2, 0.25) is 0 Å². The smallest absolute Gasteiger partial charge is 0.309 e. The van der Waals surface area contributed by atoms with Gasteiger partial charge in [0.25, 0.3) is 0 Å². The minimum Gasteiger partial charge on any atom is -0.469 e. The van der Waals surface area contributed by atoms with Gasteiger partial charge in [0.05, 0.1) is 13.0 Å². The van der Waals surface area contributed by atoms with Gasteiger partial charge in [-0.2, -0.15) is 0 Å². The molecule has 0 aliphatic heterocycles. The van der Waals surface area contributed by atoms with Gasteiger partial charge in [0.1, 0.15) is 5.78 Å². The van der Waals surface area contributed by atoms with Gasteiger partial charge in [0.15, 0.2) is 0 Å². The molecule has 1 fully saturated rings. The van der Waals surface area contributed by atoms with Crippen molar-refractivity contribution in [3.63, 3.8) is 0 Å². The zero-order valence-corrected chi connectivity index (χ0v) is 9.29. The van der Waals surface area contributed by atoms with E-state index in [0.717, 1.165) is 6.42 Å². The predicted molar refractivity (Wildman–Crippen MR) is 52.7 cm³/mol. The minimum atomic E-state index is -0.136. The predicted octanol–water partition coefficient (Wildman–Crippen LogP) is 1.80. The van der Waals surface area contributed by atoms with Crippen LogP contribution in [0.15, 0.2) is 0 Å². The number of carbonyl (C=O) groups is 2. The molecule has 0 saturated heterocycles. The average molecular weight is 198 g/mol. The Kier molecular flexibility index (Phi) is 2.98. The summed E-state index contributed by atoms with van der Waals surface area (Å²) >= 11 is 0. The molecular weight excluding hydrogens is 180 g/mol. The summed E-state index contributed by atoms with van der Waals surface area (Å²) in [6.45, 7) is 5.70. The summed E-state index contributed by atoms with van der Waals surface area (Å²) in [6.07, 6.45) is 1.38. The Hall–Kier alpha value is -0.860. The van der Waals surface area contributed by atoms with Crippen LogP contribution in [-0.2, 0) is 14.3 Å². The van der Waals surface area contributed by atoms with Crippen molar-refractivity contribution in [2.45, 2.75) is 33.6 Å². The maximum atomic E-state index is 11.3. The highest BCUT2D eigenvalue weighted by atomic mass is 16.5. The Morgan fingerprint density at radius 3 is 2.36 bits per heavy atom. The second-order valence-electron chi connectivity index (χ2n) is 4.67. The Balaban J connectivity index is 2.49. The van der Waals surface area contributed by atoms with E-state index in [9.17, 15) is 9.59 Å². The van der Waals surface area contributed by atoms with E-state index in [1.807, 2.05) is 0 Å². The van der Waals surface area contributed by atoms with Crippen LogP contribution in [0.1, 0.15) is 33.6 Å². The quantitative estimate of drug-likeness (QED) is 0.647. The average Bonchev–Trinajstić information content (AvgIpc) is 2.63. The molecule has 3 heteroatoms. The van der Waals surface area contributed by atoms with Crippen LogP contribution in [0.3, 0.4) is 0 Å². The number of hydrogen-bond donors (Lipinski definition) is 0. The molecule has 0 unspecified atom stereocenters. The SMILES string of the molecule is COC(=O)[C@H]1[C@@H](CCC(C)=O)C1(C)C. The van der Waals surface area contributed by atoms with Crippen molar-refractivity contribution in [1.82, 2.24) is 0 Å². The van der Waals surface area contributed by atoms with Crippen molar-refractivity contribution in [2.75, 3.05) is 7.11 Å². The third-order valence-corrected chi connectivity index (χ3v) is 3.31. The molecule has 0 aromatic rings. The van der Waals surface area contributed by atoms with Gasteiger partial charge >= 0.3 is 5.97 Å². The number of ketones is 1. The van der Waals surface area contributed by atoms with Gasteiger partial charge in [0.2, 0.25) is 0 Å². The van der Waals surface area contributed by atoms with E-state index < -0.39 is 0 Å². The third kappa shape index (κ3) is 1.97. The molecular formula is C11H18O3. The number of rotatable bonds is 4. The maximum absolute atomic E-state index is 11.3.